The first kappa shape index (κ1) is 35.0. The summed E-state index contributed by atoms with van der Waals surface area (Å²) in [6, 6.07) is 20.4. The Labute approximate surface area is 265 Å². The first-order valence-corrected chi connectivity index (χ1v) is 18.2. The number of carbonyl (C=O) groups excluding carboxylic acids is 1. The van der Waals surface area contributed by atoms with Crippen LogP contribution in [0.15, 0.2) is 69.3 Å². The highest BCUT2D eigenvalue weighted by molar-refractivity contribution is 8.30. The van der Waals surface area contributed by atoms with Gasteiger partial charge in [-0.2, -0.15) is 0 Å². The van der Waals surface area contributed by atoms with Crippen molar-refractivity contribution in [2.75, 3.05) is 0 Å². The second-order valence-corrected chi connectivity index (χ2v) is 16.6. The molecule has 0 N–H and O–H groups in total. The van der Waals surface area contributed by atoms with E-state index in [-0.39, 0.29) is 29.6 Å². The van der Waals surface area contributed by atoms with E-state index < -0.39 is 10.3 Å². The largest absolute Gasteiger partial charge is 0.402 e. The van der Waals surface area contributed by atoms with E-state index in [4.69, 9.17) is 4.18 Å². The number of carbonyl (C=O) groups is 1. The zero-order valence-electron chi connectivity index (χ0n) is 29.3. The predicted octanol–water partition coefficient (Wildman–Crippen LogP) is 13.0. The lowest BCUT2D eigenvalue weighted by Gasteiger charge is -2.46. The molecule has 0 spiro atoms. The van der Waals surface area contributed by atoms with Gasteiger partial charge in [0.2, 0.25) is 0 Å². The zero-order valence-corrected chi connectivity index (χ0v) is 30.1. The summed E-state index contributed by atoms with van der Waals surface area (Å²) in [7, 11) is -2.49. The number of hydrogen-bond donors (Lipinski definition) is 0. The highest BCUT2D eigenvalue weighted by Gasteiger charge is 2.44. The SMILES string of the molecule is CCCC(=O)OS(c1ccccc1)(c1c(C(C)C)cc(C(C)C)cc1C(C)C)c1c(C(C)C)cc(C(C)C)cc1C(C)C. The summed E-state index contributed by atoms with van der Waals surface area (Å²) < 4.78 is 7.25. The Morgan fingerprint density at radius 3 is 1.21 bits per heavy atom. The summed E-state index contributed by atoms with van der Waals surface area (Å²) in [4.78, 5) is 17.6. The van der Waals surface area contributed by atoms with Crippen molar-refractivity contribution >= 4 is 16.3 Å². The minimum absolute atomic E-state index is 0.115. The van der Waals surface area contributed by atoms with Crippen LogP contribution >= 0.6 is 10.3 Å². The molecule has 0 heterocycles. The lowest BCUT2D eigenvalue weighted by Crippen LogP contribution is -2.21. The Bertz CT molecular complexity index is 1250. The average Bonchev–Trinajstić information content (AvgIpc) is 2.94. The summed E-state index contributed by atoms with van der Waals surface area (Å²) >= 11 is 0. The maximum atomic E-state index is 14.1. The average molecular weight is 603 g/mol. The summed E-state index contributed by atoms with van der Waals surface area (Å²) in [5.41, 5.74) is 7.90. The molecular formula is C40H58O2S. The van der Waals surface area contributed by atoms with Gasteiger partial charge in [-0.25, -0.2) is 0 Å². The molecule has 43 heavy (non-hydrogen) atoms. The molecule has 0 radical (unpaired) electrons. The van der Waals surface area contributed by atoms with Crippen LogP contribution in [0.1, 0.15) is 172 Å². The molecule has 0 unspecified atom stereocenters. The first-order valence-electron chi connectivity index (χ1n) is 16.6. The molecule has 0 bridgehead atoms. The molecule has 0 fully saturated rings. The minimum atomic E-state index is -2.49. The molecule has 0 aliphatic rings. The van der Waals surface area contributed by atoms with Crippen molar-refractivity contribution in [3.8, 4) is 0 Å². The van der Waals surface area contributed by atoms with E-state index in [0.29, 0.717) is 18.3 Å². The zero-order chi connectivity index (χ0) is 32.2. The molecule has 3 aromatic rings. The van der Waals surface area contributed by atoms with Gasteiger partial charge in [0, 0.05) is 21.1 Å². The molecule has 0 saturated carbocycles. The molecule has 3 heteroatoms. The maximum absolute atomic E-state index is 14.1. The van der Waals surface area contributed by atoms with Crippen LogP contribution in [0.4, 0.5) is 0 Å². The van der Waals surface area contributed by atoms with E-state index >= 15 is 0 Å². The Morgan fingerprint density at radius 1 is 0.581 bits per heavy atom. The van der Waals surface area contributed by atoms with Crippen molar-refractivity contribution in [2.45, 2.75) is 153 Å². The molecule has 0 amide bonds. The lowest BCUT2D eigenvalue weighted by atomic mass is 9.89. The van der Waals surface area contributed by atoms with E-state index in [9.17, 15) is 4.79 Å². The number of benzene rings is 3. The lowest BCUT2D eigenvalue weighted by molar-refractivity contribution is -0.133. The number of rotatable bonds is 12. The van der Waals surface area contributed by atoms with Gasteiger partial charge in [0.15, 0.2) is 0 Å². The third-order valence-electron chi connectivity index (χ3n) is 8.48. The number of hydrogen-bond acceptors (Lipinski definition) is 2. The fourth-order valence-corrected chi connectivity index (χ4v) is 10.3. The van der Waals surface area contributed by atoms with Crippen molar-refractivity contribution in [3.63, 3.8) is 0 Å². The first-order chi connectivity index (χ1) is 20.2. The van der Waals surface area contributed by atoms with Crippen LogP contribution in [-0.4, -0.2) is 5.97 Å². The molecule has 0 aromatic heterocycles. The van der Waals surface area contributed by atoms with Gasteiger partial charge in [0.05, 0.1) is 0 Å². The molecule has 0 aliphatic heterocycles. The molecule has 0 saturated heterocycles. The van der Waals surface area contributed by atoms with Crippen molar-refractivity contribution < 1.29 is 8.98 Å². The minimum Gasteiger partial charge on any atom is -0.402 e. The monoisotopic (exact) mass is 602 g/mol. The van der Waals surface area contributed by atoms with Crippen molar-refractivity contribution in [3.05, 3.63) is 88.0 Å². The normalized spacial score (nSPS) is 12.8. The van der Waals surface area contributed by atoms with Crippen LogP contribution < -0.4 is 0 Å². The predicted molar refractivity (Wildman–Crippen MR) is 187 cm³/mol. The Kier molecular flexibility index (Phi) is 11.8. The third-order valence-corrected chi connectivity index (χ3v) is 11.9. The van der Waals surface area contributed by atoms with Crippen LogP contribution in [0, 0.1) is 0 Å². The van der Waals surface area contributed by atoms with Gasteiger partial charge in [0.25, 0.3) is 0 Å². The summed E-state index contributed by atoms with van der Waals surface area (Å²) in [5, 5.41) is 0. The quantitative estimate of drug-likeness (QED) is 0.206. The molecule has 2 nitrogen and oxygen atoms in total. The van der Waals surface area contributed by atoms with Crippen molar-refractivity contribution in [1.29, 1.82) is 0 Å². The fourth-order valence-electron chi connectivity index (χ4n) is 5.91. The Hall–Kier alpha value is -2.52. The highest BCUT2D eigenvalue weighted by Crippen LogP contribution is 2.74. The standard InChI is InChI=1S/C40H58O2S/c1-14-18-38(41)42-43(33-19-16-15-17-20-33,39-34(27(6)7)21-31(25(2)3)22-35(39)28(8)9)40-36(29(10)11)23-32(26(4)5)24-37(40)30(12)13/h15-17,19-30H,14,18H2,1-13H3. The molecule has 236 valence electrons. The molecule has 3 aromatic carbocycles. The van der Waals surface area contributed by atoms with Crippen LogP contribution in [0.25, 0.3) is 0 Å². The van der Waals surface area contributed by atoms with E-state index in [0.717, 1.165) is 11.3 Å². The van der Waals surface area contributed by atoms with Crippen molar-refractivity contribution in [2.24, 2.45) is 0 Å². The summed E-state index contributed by atoms with van der Waals surface area (Å²) in [6.07, 6.45) is 1.15. The highest BCUT2D eigenvalue weighted by atomic mass is 32.3. The summed E-state index contributed by atoms with van der Waals surface area (Å²) in [6.45, 7) is 29.5. The fraction of sp³-hybridized carbons (Fsp3) is 0.525. The van der Waals surface area contributed by atoms with Gasteiger partial charge in [-0.15, -0.1) is 0 Å². The van der Waals surface area contributed by atoms with Gasteiger partial charge >= 0.3 is 5.97 Å². The van der Waals surface area contributed by atoms with Crippen molar-refractivity contribution in [1.82, 2.24) is 0 Å². The second-order valence-electron chi connectivity index (χ2n) is 14.1. The third kappa shape index (κ3) is 7.25. The molecular weight excluding hydrogens is 545 g/mol. The summed E-state index contributed by atoms with van der Waals surface area (Å²) in [5.74, 6) is 1.71. The van der Waals surface area contributed by atoms with Gasteiger partial charge in [-0.3, -0.25) is 4.79 Å². The maximum Gasteiger partial charge on any atom is 0.317 e. The topological polar surface area (TPSA) is 26.3 Å². The van der Waals surface area contributed by atoms with E-state index in [2.05, 4.69) is 145 Å². The van der Waals surface area contributed by atoms with E-state index in [1.165, 1.54) is 43.2 Å². The van der Waals surface area contributed by atoms with Gasteiger partial charge < -0.3 is 4.18 Å². The van der Waals surface area contributed by atoms with Gasteiger partial charge in [-0.1, -0.05) is 132 Å². The van der Waals surface area contributed by atoms with Crippen LogP contribution in [0.3, 0.4) is 0 Å². The Balaban J connectivity index is 2.81. The van der Waals surface area contributed by atoms with Crippen LogP contribution in [0.2, 0.25) is 0 Å². The Morgan fingerprint density at radius 2 is 0.930 bits per heavy atom. The molecule has 0 atom stereocenters. The smallest absolute Gasteiger partial charge is 0.317 e. The van der Waals surface area contributed by atoms with Gasteiger partial charge in [0.1, 0.15) is 0 Å². The van der Waals surface area contributed by atoms with Crippen LogP contribution in [-0.2, 0) is 8.98 Å². The second kappa shape index (κ2) is 14.5. The van der Waals surface area contributed by atoms with Gasteiger partial charge in [-0.05, 0) is 97.8 Å². The van der Waals surface area contributed by atoms with E-state index in [1.807, 2.05) is 0 Å². The van der Waals surface area contributed by atoms with Crippen LogP contribution in [0.5, 0.6) is 0 Å². The molecule has 0 aliphatic carbocycles. The van der Waals surface area contributed by atoms with E-state index in [1.54, 1.807) is 0 Å². The molecule has 3 rings (SSSR count).